The van der Waals surface area contributed by atoms with E-state index in [1.54, 1.807) is 6.07 Å². The number of unbranched alkanes of at least 4 members (excludes halogenated alkanes) is 2. The molecule has 32 heavy (non-hydrogen) atoms. The number of hydrogen-bond donors (Lipinski definition) is 0. The zero-order valence-electron chi connectivity index (χ0n) is 17.7. The summed E-state index contributed by atoms with van der Waals surface area (Å²) in [6, 6.07) is 7.22. The highest BCUT2D eigenvalue weighted by Crippen LogP contribution is 2.40. The van der Waals surface area contributed by atoms with Gasteiger partial charge in [0.25, 0.3) is 0 Å². The molecule has 1 aliphatic carbocycles. The molecular weight excluding hydrogens is 433 g/mol. The maximum Gasteiger partial charge on any atom is 0.424 e. The molecule has 0 spiro atoms. The summed E-state index contributed by atoms with van der Waals surface area (Å²) in [6.45, 7) is -0.269. The first kappa shape index (κ1) is 24.6. The molecule has 0 nitrogen and oxygen atoms in total. The van der Waals surface area contributed by atoms with Gasteiger partial charge in [-0.05, 0) is 67.2 Å². The minimum Gasteiger partial charge on any atom is -0.251 e. The smallest absolute Gasteiger partial charge is 0.251 e. The maximum atomic E-state index is 14.8. The van der Waals surface area contributed by atoms with E-state index < -0.39 is 29.5 Å². The molecule has 2 aromatic rings. The molecule has 0 saturated heterocycles. The third-order valence-corrected chi connectivity index (χ3v) is 6.43. The van der Waals surface area contributed by atoms with E-state index in [-0.39, 0.29) is 23.7 Å². The molecule has 0 radical (unpaired) electrons. The van der Waals surface area contributed by atoms with E-state index in [1.807, 2.05) is 0 Å². The largest absolute Gasteiger partial charge is 0.424 e. The Kier molecular flexibility index (Phi) is 8.23. The van der Waals surface area contributed by atoms with Gasteiger partial charge in [-0.2, -0.15) is 13.2 Å². The highest BCUT2D eigenvalue weighted by molar-refractivity contribution is 5.65. The van der Waals surface area contributed by atoms with Gasteiger partial charge < -0.3 is 0 Å². The Morgan fingerprint density at radius 1 is 0.844 bits per heavy atom. The van der Waals surface area contributed by atoms with Crippen LogP contribution in [0.4, 0.5) is 30.7 Å². The van der Waals surface area contributed by atoms with Crippen LogP contribution in [0.2, 0.25) is 0 Å². The Balaban J connectivity index is 1.65. The van der Waals surface area contributed by atoms with Crippen LogP contribution in [0.5, 0.6) is 0 Å². The van der Waals surface area contributed by atoms with Gasteiger partial charge in [-0.25, -0.2) is 13.2 Å². The van der Waals surface area contributed by atoms with E-state index in [9.17, 15) is 30.7 Å². The van der Waals surface area contributed by atoms with Gasteiger partial charge in [0, 0.05) is 11.1 Å². The van der Waals surface area contributed by atoms with Crippen molar-refractivity contribution < 1.29 is 30.7 Å². The van der Waals surface area contributed by atoms with Crippen LogP contribution in [0.1, 0.15) is 74.6 Å². The molecule has 3 rings (SSSR count). The first-order valence-electron chi connectivity index (χ1n) is 11.1. The van der Waals surface area contributed by atoms with Gasteiger partial charge in [-0.1, -0.05) is 43.5 Å². The number of benzene rings is 2. The van der Waals surface area contributed by atoms with Crippen molar-refractivity contribution in [3.05, 3.63) is 59.2 Å². The Morgan fingerprint density at radius 2 is 1.56 bits per heavy atom. The van der Waals surface area contributed by atoms with Gasteiger partial charge in [0.2, 0.25) is 6.17 Å². The van der Waals surface area contributed by atoms with Crippen molar-refractivity contribution in [2.75, 3.05) is 6.67 Å². The molecular formula is C25H27F7. The molecule has 1 unspecified atom stereocenters. The second kappa shape index (κ2) is 10.7. The predicted octanol–water partition coefficient (Wildman–Crippen LogP) is 9.01. The number of alkyl halides is 5. The van der Waals surface area contributed by atoms with E-state index in [1.165, 1.54) is 12.1 Å². The molecule has 7 heteroatoms. The first-order chi connectivity index (χ1) is 15.2. The van der Waals surface area contributed by atoms with E-state index in [0.717, 1.165) is 62.6 Å². The molecule has 0 bridgehead atoms. The van der Waals surface area contributed by atoms with Crippen molar-refractivity contribution >= 4 is 0 Å². The Bertz CT molecular complexity index is 882. The summed E-state index contributed by atoms with van der Waals surface area (Å²) in [4.78, 5) is 0. The molecule has 2 aromatic carbocycles. The summed E-state index contributed by atoms with van der Waals surface area (Å²) in [5.41, 5.74) is -0.148. The van der Waals surface area contributed by atoms with Crippen molar-refractivity contribution in [2.45, 2.75) is 69.6 Å². The summed E-state index contributed by atoms with van der Waals surface area (Å²) >= 11 is 0. The lowest BCUT2D eigenvalue weighted by Crippen LogP contribution is -2.17. The second-order valence-electron chi connectivity index (χ2n) is 8.64. The maximum absolute atomic E-state index is 14.8. The van der Waals surface area contributed by atoms with Gasteiger partial charge in [0.1, 0.15) is 11.6 Å². The quantitative estimate of drug-likeness (QED) is 0.272. The molecule has 0 amide bonds. The van der Waals surface area contributed by atoms with Crippen LogP contribution in [-0.4, -0.2) is 12.9 Å². The lowest BCUT2D eigenvalue weighted by atomic mass is 9.77. The summed E-state index contributed by atoms with van der Waals surface area (Å²) in [5.74, 6) is -1.11. The van der Waals surface area contributed by atoms with Crippen LogP contribution in [0.3, 0.4) is 0 Å². The fraction of sp³-hybridized carbons (Fsp3) is 0.520. The van der Waals surface area contributed by atoms with Crippen molar-refractivity contribution in [1.29, 1.82) is 0 Å². The van der Waals surface area contributed by atoms with Gasteiger partial charge in [-0.15, -0.1) is 0 Å². The van der Waals surface area contributed by atoms with Crippen molar-refractivity contribution in [1.82, 2.24) is 0 Å². The molecule has 0 aromatic heterocycles. The van der Waals surface area contributed by atoms with Crippen molar-refractivity contribution in [3.8, 4) is 11.1 Å². The van der Waals surface area contributed by atoms with Crippen LogP contribution in [0, 0.1) is 17.6 Å². The minimum atomic E-state index is -5.21. The number of halogens is 7. The fourth-order valence-electron chi connectivity index (χ4n) is 4.58. The number of hydrogen-bond acceptors (Lipinski definition) is 0. The van der Waals surface area contributed by atoms with Gasteiger partial charge in [-0.3, -0.25) is 4.39 Å². The number of rotatable bonds is 8. The third-order valence-electron chi connectivity index (χ3n) is 6.43. The van der Waals surface area contributed by atoms with Crippen molar-refractivity contribution in [3.63, 3.8) is 0 Å². The van der Waals surface area contributed by atoms with Gasteiger partial charge >= 0.3 is 6.18 Å². The summed E-state index contributed by atoms with van der Waals surface area (Å²) in [7, 11) is 0. The summed E-state index contributed by atoms with van der Waals surface area (Å²) < 4.78 is 92.1. The highest BCUT2D eigenvalue weighted by Gasteiger charge is 2.42. The lowest BCUT2D eigenvalue weighted by molar-refractivity contribution is -0.183. The molecule has 0 N–H and O–H groups in total. The Morgan fingerprint density at radius 3 is 2.16 bits per heavy atom. The van der Waals surface area contributed by atoms with Gasteiger partial charge in [0.05, 0.1) is 6.67 Å². The zero-order valence-corrected chi connectivity index (χ0v) is 17.7. The summed E-state index contributed by atoms with van der Waals surface area (Å²) in [5, 5.41) is 0. The molecule has 176 valence electrons. The van der Waals surface area contributed by atoms with Crippen LogP contribution >= 0.6 is 0 Å². The second-order valence-corrected chi connectivity index (χ2v) is 8.64. The Hall–Kier alpha value is -2.05. The molecule has 0 heterocycles. The Labute approximate surface area is 183 Å². The van der Waals surface area contributed by atoms with E-state index in [0.29, 0.717) is 18.4 Å². The topological polar surface area (TPSA) is 0 Å². The van der Waals surface area contributed by atoms with E-state index >= 15 is 0 Å². The highest BCUT2D eigenvalue weighted by atomic mass is 19.4. The average molecular weight is 460 g/mol. The first-order valence-corrected chi connectivity index (χ1v) is 11.1. The molecule has 1 aliphatic rings. The zero-order chi connectivity index (χ0) is 23.3. The average Bonchev–Trinajstić information content (AvgIpc) is 2.76. The van der Waals surface area contributed by atoms with Crippen LogP contribution in [0.15, 0.2) is 36.4 Å². The minimum absolute atomic E-state index is 0.0571. The normalized spacial score (nSPS) is 20.3. The van der Waals surface area contributed by atoms with Crippen LogP contribution in [0.25, 0.3) is 11.1 Å². The third kappa shape index (κ3) is 6.04. The van der Waals surface area contributed by atoms with Crippen molar-refractivity contribution in [2.24, 2.45) is 5.92 Å². The standard InChI is InChI=1S/C25H27F7/c26-13-3-1-2-4-16-5-7-17(8-6-16)18-9-11-20(22(27)14-18)19-10-12-21(23(28)15-19)24(29)25(30,31)32/h9-12,14-17,24H,1-8,13H2. The van der Waals surface area contributed by atoms with E-state index in [4.69, 9.17) is 0 Å². The van der Waals surface area contributed by atoms with Crippen LogP contribution in [-0.2, 0) is 0 Å². The van der Waals surface area contributed by atoms with E-state index in [2.05, 4.69) is 0 Å². The lowest BCUT2D eigenvalue weighted by Gasteiger charge is -2.29. The molecule has 0 aliphatic heterocycles. The molecule has 1 saturated carbocycles. The molecule has 1 fully saturated rings. The predicted molar refractivity (Wildman–Crippen MR) is 111 cm³/mol. The monoisotopic (exact) mass is 460 g/mol. The van der Waals surface area contributed by atoms with Gasteiger partial charge in [0.15, 0.2) is 0 Å². The summed E-state index contributed by atoms with van der Waals surface area (Å²) in [6.07, 6.45) is -1.03. The SMILES string of the molecule is FCCCCCC1CCC(c2ccc(-c3ccc(C(F)C(F)(F)F)c(F)c3)c(F)c2)CC1. The van der Waals surface area contributed by atoms with Crippen LogP contribution < -0.4 is 0 Å². The fourth-order valence-corrected chi connectivity index (χ4v) is 4.58. The molecule has 1 atom stereocenters.